The number of aliphatic hydroxyl groups excluding tert-OH is 1. The van der Waals surface area contributed by atoms with E-state index >= 15 is 0 Å². The van der Waals surface area contributed by atoms with Gasteiger partial charge in [-0.05, 0) is 17.9 Å². The molecule has 3 atom stereocenters. The molecule has 0 saturated carbocycles. The highest BCUT2D eigenvalue weighted by Crippen LogP contribution is 2.25. The minimum atomic E-state index is -0.898. The molecule has 118 valence electrons. The first kappa shape index (κ1) is 15.3. The van der Waals surface area contributed by atoms with Crippen molar-refractivity contribution in [1.29, 1.82) is 0 Å². The number of thiophene rings is 1. The Morgan fingerprint density at radius 2 is 2.32 bits per heavy atom. The summed E-state index contributed by atoms with van der Waals surface area (Å²) in [6, 6.07) is -0.172. The van der Waals surface area contributed by atoms with Gasteiger partial charge in [-0.1, -0.05) is 11.6 Å². The van der Waals surface area contributed by atoms with E-state index < -0.39 is 18.7 Å². The van der Waals surface area contributed by atoms with Gasteiger partial charge in [-0.15, -0.1) is 11.3 Å². The average Bonchev–Trinajstić information content (AvgIpc) is 3.09. The van der Waals surface area contributed by atoms with Gasteiger partial charge >= 0.3 is 0 Å². The number of hydrogen-bond donors (Lipinski definition) is 3. The Bertz CT molecular complexity index is 635. The van der Waals surface area contributed by atoms with Crippen molar-refractivity contribution in [3.05, 3.63) is 21.3 Å². The molecule has 3 heterocycles. The molecule has 0 radical (unpaired) electrons. The van der Waals surface area contributed by atoms with Crippen LogP contribution in [-0.2, 0) is 9.59 Å². The van der Waals surface area contributed by atoms with Crippen molar-refractivity contribution in [1.82, 2.24) is 15.5 Å². The fraction of sp³-hybridized carbons (Fsp3) is 0.462. The van der Waals surface area contributed by atoms with Crippen LogP contribution in [0.4, 0.5) is 0 Å². The molecule has 0 bridgehead atoms. The van der Waals surface area contributed by atoms with Crippen molar-refractivity contribution < 1.29 is 19.5 Å². The van der Waals surface area contributed by atoms with Gasteiger partial charge in [0.15, 0.2) is 0 Å². The predicted molar refractivity (Wildman–Crippen MR) is 79.7 cm³/mol. The van der Waals surface area contributed by atoms with Crippen LogP contribution in [0.5, 0.6) is 0 Å². The highest BCUT2D eigenvalue weighted by atomic mass is 35.5. The molecule has 9 heteroatoms. The van der Waals surface area contributed by atoms with Crippen molar-refractivity contribution in [2.45, 2.75) is 24.5 Å². The number of piperazine rings is 1. The third-order valence-electron chi connectivity index (χ3n) is 3.84. The van der Waals surface area contributed by atoms with Crippen LogP contribution in [0.15, 0.2) is 11.4 Å². The molecule has 3 rings (SSSR count). The van der Waals surface area contributed by atoms with Crippen molar-refractivity contribution in [3.8, 4) is 0 Å². The molecule has 0 aliphatic carbocycles. The third-order valence-corrected chi connectivity index (χ3v) is 5.18. The lowest BCUT2D eigenvalue weighted by molar-refractivity contribution is -0.148. The third kappa shape index (κ3) is 2.57. The number of carbonyl (C=O) groups excluding carboxylic acids is 3. The molecule has 0 unspecified atom stereocenters. The molecule has 3 amide bonds. The van der Waals surface area contributed by atoms with E-state index in [2.05, 4.69) is 10.6 Å². The van der Waals surface area contributed by atoms with Crippen LogP contribution >= 0.6 is 22.9 Å². The van der Waals surface area contributed by atoms with Crippen LogP contribution in [0.3, 0.4) is 0 Å². The summed E-state index contributed by atoms with van der Waals surface area (Å²) >= 11 is 7.15. The number of aliphatic hydroxyl groups is 1. The summed E-state index contributed by atoms with van der Waals surface area (Å²) in [7, 11) is 0. The number of nitrogens with one attached hydrogen (secondary N) is 2. The quantitative estimate of drug-likeness (QED) is 0.695. The number of rotatable bonds is 3. The van der Waals surface area contributed by atoms with E-state index in [4.69, 9.17) is 16.7 Å². The average molecular weight is 344 g/mol. The normalized spacial score (nSPS) is 27.5. The zero-order valence-corrected chi connectivity index (χ0v) is 13.0. The van der Waals surface area contributed by atoms with Gasteiger partial charge in [0.25, 0.3) is 5.91 Å². The van der Waals surface area contributed by atoms with Gasteiger partial charge in [0.05, 0.1) is 11.6 Å². The van der Waals surface area contributed by atoms with Crippen molar-refractivity contribution in [2.24, 2.45) is 0 Å². The van der Waals surface area contributed by atoms with Gasteiger partial charge in [-0.2, -0.15) is 0 Å². The van der Waals surface area contributed by atoms with Crippen LogP contribution in [-0.4, -0.2) is 59.0 Å². The molecular formula is C13H14ClN3O4S. The first-order valence-corrected chi connectivity index (χ1v) is 8.02. The fourth-order valence-corrected chi connectivity index (χ4v) is 3.84. The Morgan fingerprint density at radius 3 is 2.95 bits per heavy atom. The Morgan fingerprint density at radius 1 is 1.55 bits per heavy atom. The van der Waals surface area contributed by atoms with Crippen LogP contribution in [0, 0.1) is 0 Å². The lowest BCUT2D eigenvalue weighted by Gasteiger charge is -2.33. The number of amides is 3. The Labute approximate surface area is 135 Å². The van der Waals surface area contributed by atoms with E-state index in [9.17, 15) is 14.4 Å². The highest BCUT2D eigenvalue weighted by molar-refractivity contribution is 7.12. The first-order valence-electron chi connectivity index (χ1n) is 6.77. The van der Waals surface area contributed by atoms with Crippen LogP contribution in [0.1, 0.15) is 16.1 Å². The Balaban J connectivity index is 1.69. The molecule has 2 aliphatic rings. The van der Waals surface area contributed by atoms with Crippen LogP contribution < -0.4 is 10.6 Å². The summed E-state index contributed by atoms with van der Waals surface area (Å²) in [5.41, 5.74) is 0. The molecule has 0 aromatic carbocycles. The van der Waals surface area contributed by atoms with Crippen LogP contribution in [0.2, 0.25) is 5.02 Å². The molecule has 1 aromatic heterocycles. The van der Waals surface area contributed by atoms with Gasteiger partial charge in [0.1, 0.15) is 17.0 Å². The predicted octanol–water partition coefficient (Wildman–Crippen LogP) is -0.408. The summed E-state index contributed by atoms with van der Waals surface area (Å²) in [5, 5.41) is 16.5. The van der Waals surface area contributed by atoms with E-state index in [1.54, 1.807) is 11.4 Å². The molecule has 2 saturated heterocycles. The minimum absolute atomic E-state index is 0.252. The first-order chi connectivity index (χ1) is 10.5. The van der Waals surface area contributed by atoms with Gasteiger partial charge in [0, 0.05) is 12.6 Å². The molecule has 2 aliphatic heterocycles. The summed E-state index contributed by atoms with van der Waals surface area (Å²) in [5.74, 6) is -0.932. The Hall–Kier alpha value is -1.64. The number of nitrogens with zero attached hydrogens (tertiary/aromatic N) is 1. The maximum Gasteiger partial charge on any atom is 0.263 e. The number of hydrogen-bond acceptors (Lipinski definition) is 5. The van der Waals surface area contributed by atoms with Crippen LogP contribution in [0.25, 0.3) is 0 Å². The second-order valence-corrected chi connectivity index (χ2v) is 6.58. The largest absolute Gasteiger partial charge is 0.394 e. The van der Waals surface area contributed by atoms with Gasteiger partial charge < -0.3 is 20.6 Å². The zero-order chi connectivity index (χ0) is 15.9. The highest BCUT2D eigenvalue weighted by Gasteiger charge is 2.46. The summed E-state index contributed by atoms with van der Waals surface area (Å²) < 4.78 is 0. The van der Waals surface area contributed by atoms with Gasteiger partial charge in [-0.25, -0.2) is 0 Å². The smallest absolute Gasteiger partial charge is 0.263 e. The molecule has 3 N–H and O–H groups in total. The number of fused-ring (bicyclic) bond motifs is 1. The van der Waals surface area contributed by atoms with E-state index in [-0.39, 0.29) is 30.3 Å². The summed E-state index contributed by atoms with van der Waals surface area (Å²) in [6.45, 7) is -0.183. The van der Waals surface area contributed by atoms with E-state index in [1.165, 1.54) is 16.2 Å². The van der Waals surface area contributed by atoms with Crippen molar-refractivity contribution in [2.75, 3.05) is 13.2 Å². The van der Waals surface area contributed by atoms with Gasteiger partial charge in [-0.3, -0.25) is 14.4 Å². The standard InChI is InChI=1S/C13H14ClN3O4S/c14-7-1-2-22-10(7)12(20)15-6-3-9-11(19)16-8(5-18)13(21)17(9)4-6/h1-2,6,8-9,18H,3-5H2,(H,15,20)(H,16,19)/t6-,8+,9-/m0/s1. The fourth-order valence-electron chi connectivity index (χ4n) is 2.79. The zero-order valence-electron chi connectivity index (χ0n) is 11.4. The van der Waals surface area contributed by atoms with E-state index in [0.29, 0.717) is 16.3 Å². The van der Waals surface area contributed by atoms with E-state index in [1.807, 2.05) is 0 Å². The summed E-state index contributed by atoms with van der Waals surface area (Å²) in [4.78, 5) is 38.0. The molecule has 2 fully saturated rings. The number of halogens is 1. The monoisotopic (exact) mass is 343 g/mol. The maximum atomic E-state index is 12.1. The molecule has 0 spiro atoms. The molecule has 22 heavy (non-hydrogen) atoms. The summed E-state index contributed by atoms with van der Waals surface area (Å²) in [6.07, 6.45) is 0.352. The minimum Gasteiger partial charge on any atom is -0.394 e. The lowest BCUT2D eigenvalue weighted by Crippen LogP contribution is -2.62. The van der Waals surface area contributed by atoms with E-state index in [0.717, 1.165) is 0 Å². The second-order valence-electron chi connectivity index (χ2n) is 5.25. The maximum absolute atomic E-state index is 12.1. The molecular weight excluding hydrogens is 330 g/mol. The molecule has 7 nitrogen and oxygen atoms in total. The topological polar surface area (TPSA) is 98.7 Å². The van der Waals surface area contributed by atoms with Crippen molar-refractivity contribution >= 4 is 40.7 Å². The number of carbonyl (C=O) groups is 3. The Kier molecular flexibility index (Phi) is 4.07. The second kappa shape index (κ2) is 5.86. The molecule has 1 aromatic rings. The lowest BCUT2D eigenvalue weighted by atomic mass is 10.1. The SMILES string of the molecule is O=C(N[C@H]1C[C@H]2C(=O)N[C@H](CO)C(=O)N2C1)c1sccc1Cl. The van der Waals surface area contributed by atoms with Gasteiger partial charge in [0.2, 0.25) is 11.8 Å². The van der Waals surface area contributed by atoms with Crippen molar-refractivity contribution in [3.63, 3.8) is 0 Å².